The predicted molar refractivity (Wildman–Crippen MR) is 121 cm³/mol. The lowest BCUT2D eigenvalue weighted by molar-refractivity contribution is 0.0730. The first-order chi connectivity index (χ1) is 15.4. The van der Waals surface area contributed by atoms with E-state index in [2.05, 4.69) is 5.32 Å². The van der Waals surface area contributed by atoms with Crippen LogP contribution in [0.4, 0.5) is 0 Å². The third-order valence-corrected chi connectivity index (χ3v) is 7.45. The molecule has 0 bridgehead atoms. The van der Waals surface area contributed by atoms with Gasteiger partial charge in [-0.15, -0.1) is 0 Å². The highest BCUT2D eigenvalue weighted by Gasteiger charge is 2.29. The van der Waals surface area contributed by atoms with Gasteiger partial charge in [-0.3, -0.25) is 4.79 Å². The van der Waals surface area contributed by atoms with E-state index < -0.39 is 10.0 Å². The summed E-state index contributed by atoms with van der Waals surface area (Å²) in [5.74, 6) is 1.06. The van der Waals surface area contributed by atoms with E-state index in [0.717, 1.165) is 5.56 Å². The standard InChI is InChI=1S/C23H30N2O6S/c1-4-17-5-6-19(15-22(17)32(27,28)25-11-13-31-14-12-25)23(26)24-10-9-18-7-8-20(29-2)16-21(18)30-3/h5-8,15-16H,4,9-14H2,1-3H3,(H,24,26). The molecule has 2 aromatic rings. The van der Waals surface area contributed by atoms with Crippen molar-refractivity contribution in [3.05, 3.63) is 53.1 Å². The van der Waals surface area contributed by atoms with E-state index in [1.807, 2.05) is 19.1 Å². The maximum absolute atomic E-state index is 13.2. The lowest BCUT2D eigenvalue weighted by atomic mass is 10.1. The van der Waals surface area contributed by atoms with Gasteiger partial charge in [-0.2, -0.15) is 4.31 Å². The molecule has 1 heterocycles. The van der Waals surface area contributed by atoms with E-state index in [0.29, 0.717) is 68.3 Å². The first-order valence-corrected chi connectivity index (χ1v) is 12.0. The second kappa shape index (κ2) is 10.8. The normalized spacial score (nSPS) is 14.7. The number of methoxy groups -OCH3 is 2. The first-order valence-electron chi connectivity index (χ1n) is 10.6. The maximum Gasteiger partial charge on any atom is 0.251 e. The van der Waals surface area contributed by atoms with E-state index in [4.69, 9.17) is 14.2 Å². The molecule has 0 radical (unpaired) electrons. The zero-order valence-electron chi connectivity index (χ0n) is 18.7. The largest absolute Gasteiger partial charge is 0.497 e. The number of hydrogen-bond acceptors (Lipinski definition) is 6. The number of amides is 1. The Morgan fingerprint density at radius 3 is 2.44 bits per heavy atom. The summed E-state index contributed by atoms with van der Waals surface area (Å²) in [6.45, 7) is 3.64. The molecule has 2 aromatic carbocycles. The molecule has 8 nitrogen and oxygen atoms in total. The maximum atomic E-state index is 13.2. The van der Waals surface area contributed by atoms with E-state index in [1.54, 1.807) is 32.4 Å². The number of aryl methyl sites for hydroxylation is 1. The highest BCUT2D eigenvalue weighted by molar-refractivity contribution is 7.89. The minimum atomic E-state index is -3.70. The molecule has 174 valence electrons. The van der Waals surface area contributed by atoms with Gasteiger partial charge in [0.15, 0.2) is 0 Å². The van der Waals surface area contributed by atoms with Crippen LogP contribution in [0.2, 0.25) is 0 Å². The Bertz CT molecular complexity index is 1050. The molecule has 3 rings (SSSR count). The number of carbonyl (C=O) groups is 1. The Balaban J connectivity index is 1.73. The SMILES string of the molecule is CCc1ccc(C(=O)NCCc2ccc(OC)cc2OC)cc1S(=O)(=O)N1CCOCC1. The molecule has 0 atom stereocenters. The fourth-order valence-electron chi connectivity index (χ4n) is 3.63. The molecular weight excluding hydrogens is 432 g/mol. The third kappa shape index (κ3) is 5.40. The van der Waals surface area contributed by atoms with Crippen LogP contribution in [0.5, 0.6) is 11.5 Å². The van der Waals surface area contributed by atoms with Gasteiger partial charge in [0.2, 0.25) is 10.0 Å². The van der Waals surface area contributed by atoms with Crippen LogP contribution in [0.1, 0.15) is 28.4 Å². The average molecular weight is 463 g/mol. The lowest BCUT2D eigenvalue weighted by Crippen LogP contribution is -2.41. The first kappa shape index (κ1) is 24.0. The van der Waals surface area contributed by atoms with E-state index in [-0.39, 0.29) is 10.8 Å². The number of hydrogen-bond donors (Lipinski definition) is 1. The van der Waals surface area contributed by atoms with Gasteiger partial charge in [0.25, 0.3) is 5.91 Å². The van der Waals surface area contributed by atoms with E-state index in [1.165, 1.54) is 10.4 Å². The number of nitrogens with one attached hydrogen (secondary N) is 1. The van der Waals surface area contributed by atoms with Crippen LogP contribution in [0.3, 0.4) is 0 Å². The number of nitrogens with zero attached hydrogens (tertiary/aromatic N) is 1. The van der Waals surface area contributed by atoms with Crippen molar-refractivity contribution < 1.29 is 27.4 Å². The van der Waals surface area contributed by atoms with Gasteiger partial charge in [0.1, 0.15) is 11.5 Å². The van der Waals surface area contributed by atoms with Crippen molar-refractivity contribution in [2.24, 2.45) is 0 Å². The molecule has 1 saturated heterocycles. The van der Waals surface area contributed by atoms with Crippen LogP contribution in [-0.4, -0.2) is 65.7 Å². The molecule has 1 fully saturated rings. The van der Waals surface area contributed by atoms with Crippen LogP contribution in [-0.2, 0) is 27.6 Å². The number of sulfonamides is 1. The molecule has 1 amide bonds. The molecule has 0 aliphatic carbocycles. The Hall–Kier alpha value is -2.62. The minimum Gasteiger partial charge on any atom is -0.497 e. The smallest absolute Gasteiger partial charge is 0.251 e. The summed E-state index contributed by atoms with van der Waals surface area (Å²) < 4.78 is 43.6. The van der Waals surface area contributed by atoms with Crippen molar-refractivity contribution in [3.63, 3.8) is 0 Å². The fraction of sp³-hybridized carbons (Fsp3) is 0.435. The van der Waals surface area contributed by atoms with E-state index in [9.17, 15) is 13.2 Å². The Kier molecular flexibility index (Phi) is 8.11. The topological polar surface area (TPSA) is 94.2 Å². The van der Waals surface area contributed by atoms with Gasteiger partial charge in [-0.1, -0.05) is 19.1 Å². The summed E-state index contributed by atoms with van der Waals surface area (Å²) in [7, 11) is -0.520. The summed E-state index contributed by atoms with van der Waals surface area (Å²) in [6.07, 6.45) is 1.11. The number of ether oxygens (including phenoxy) is 3. The van der Waals surface area contributed by atoms with Crippen molar-refractivity contribution in [2.75, 3.05) is 47.1 Å². The molecule has 0 aromatic heterocycles. The number of rotatable bonds is 9. The van der Waals surface area contributed by atoms with Gasteiger partial charge in [0, 0.05) is 31.3 Å². The van der Waals surface area contributed by atoms with Crippen LogP contribution in [0.25, 0.3) is 0 Å². The van der Waals surface area contributed by atoms with Crippen molar-refractivity contribution in [3.8, 4) is 11.5 Å². The summed E-state index contributed by atoms with van der Waals surface area (Å²) in [4.78, 5) is 12.9. The molecule has 0 unspecified atom stereocenters. The number of carbonyl (C=O) groups excluding carboxylic acids is 1. The molecule has 1 aliphatic heterocycles. The highest BCUT2D eigenvalue weighted by atomic mass is 32.2. The summed E-state index contributed by atoms with van der Waals surface area (Å²) in [5.41, 5.74) is 1.94. The second-order valence-corrected chi connectivity index (χ2v) is 9.28. The quantitative estimate of drug-likeness (QED) is 0.614. The van der Waals surface area contributed by atoms with Crippen LogP contribution in [0.15, 0.2) is 41.3 Å². The lowest BCUT2D eigenvalue weighted by Gasteiger charge is -2.27. The second-order valence-electron chi connectivity index (χ2n) is 7.38. The average Bonchev–Trinajstić information content (AvgIpc) is 2.84. The van der Waals surface area contributed by atoms with E-state index >= 15 is 0 Å². The number of morpholine rings is 1. The molecule has 1 N–H and O–H groups in total. The Morgan fingerprint density at radius 1 is 1.06 bits per heavy atom. The molecule has 0 saturated carbocycles. The van der Waals surface area contributed by atoms with Crippen molar-refractivity contribution in [1.29, 1.82) is 0 Å². The molecular formula is C23H30N2O6S. The summed E-state index contributed by atoms with van der Waals surface area (Å²) >= 11 is 0. The Labute approximate surface area is 189 Å². The molecule has 1 aliphatic rings. The molecule has 0 spiro atoms. The Morgan fingerprint density at radius 2 is 1.78 bits per heavy atom. The monoisotopic (exact) mass is 462 g/mol. The van der Waals surface area contributed by atoms with Gasteiger partial charge in [-0.25, -0.2) is 8.42 Å². The summed E-state index contributed by atoms with van der Waals surface area (Å²) in [6, 6.07) is 10.4. The van der Waals surface area contributed by atoms with Crippen LogP contribution in [0, 0.1) is 0 Å². The number of benzene rings is 2. The van der Waals surface area contributed by atoms with Crippen molar-refractivity contribution in [1.82, 2.24) is 9.62 Å². The van der Waals surface area contributed by atoms with Crippen molar-refractivity contribution >= 4 is 15.9 Å². The molecule has 9 heteroatoms. The zero-order chi connectivity index (χ0) is 23.1. The van der Waals surface area contributed by atoms with Gasteiger partial charge in [-0.05, 0) is 42.2 Å². The minimum absolute atomic E-state index is 0.186. The van der Waals surface area contributed by atoms with Gasteiger partial charge >= 0.3 is 0 Å². The summed E-state index contributed by atoms with van der Waals surface area (Å²) in [5, 5.41) is 2.87. The third-order valence-electron chi connectivity index (χ3n) is 5.47. The fourth-order valence-corrected chi connectivity index (χ4v) is 5.35. The molecule has 32 heavy (non-hydrogen) atoms. The highest BCUT2D eigenvalue weighted by Crippen LogP contribution is 2.25. The van der Waals surface area contributed by atoms with Gasteiger partial charge in [0.05, 0.1) is 32.3 Å². The van der Waals surface area contributed by atoms with Crippen LogP contribution >= 0.6 is 0 Å². The predicted octanol–water partition coefficient (Wildman–Crippen LogP) is 2.26. The van der Waals surface area contributed by atoms with Gasteiger partial charge < -0.3 is 19.5 Å². The zero-order valence-corrected chi connectivity index (χ0v) is 19.5. The van der Waals surface area contributed by atoms with Crippen LogP contribution < -0.4 is 14.8 Å². The van der Waals surface area contributed by atoms with Crippen molar-refractivity contribution in [2.45, 2.75) is 24.7 Å².